The summed E-state index contributed by atoms with van der Waals surface area (Å²) in [5.41, 5.74) is 6.44. The fourth-order valence-electron chi connectivity index (χ4n) is 13.7. The van der Waals surface area contributed by atoms with Gasteiger partial charge in [0.15, 0.2) is 0 Å². The molecule has 0 amide bonds. The first-order valence-electron chi connectivity index (χ1n) is 22.5. The number of rotatable bonds is 8. The van der Waals surface area contributed by atoms with Gasteiger partial charge in [0, 0.05) is 34.7 Å². The summed E-state index contributed by atoms with van der Waals surface area (Å²) in [6, 6.07) is 14.7. The Balaban J connectivity index is 0.892. The molecule has 7 heteroatoms. The predicted octanol–water partition coefficient (Wildman–Crippen LogP) is 9.80. The molecule has 2 N–H and O–H groups in total. The van der Waals surface area contributed by atoms with Crippen LogP contribution < -0.4 is 20.1 Å². The van der Waals surface area contributed by atoms with Gasteiger partial charge in [-0.1, -0.05) is 76.3 Å². The number of carbonyl (C=O) groups excluding carboxylic acids is 1. The lowest BCUT2D eigenvalue weighted by Gasteiger charge is -2.56. The highest BCUT2D eigenvalue weighted by molar-refractivity contribution is 5.60. The van der Waals surface area contributed by atoms with Crippen LogP contribution in [0.3, 0.4) is 0 Å². The van der Waals surface area contributed by atoms with Crippen molar-refractivity contribution in [3.05, 3.63) is 58.7 Å². The minimum Gasteiger partial charge on any atom is -0.454 e. The summed E-state index contributed by atoms with van der Waals surface area (Å²) in [7, 11) is 0. The highest BCUT2D eigenvalue weighted by Crippen LogP contribution is 2.56. The number of fused-ring (bicyclic) bond motifs is 2. The maximum Gasteiger partial charge on any atom is 0.514 e. The van der Waals surface area contributed by atoms with E-state index >= 15 is 0 Å². The van der Waals surface area contributed by atoms with Crippen molar-refractivity contribution in [2.75, 3.05) is 13.1 Å². The van der Waals surface area contributed by atoms with Crippen molar-refractivity contribution in [2.45, 2.75) is 177 Å². The van der Waals surface area contributed by atoms with Crippen molar-refractivity contribution >= 4 is 6.16 Å². The Kier molecular flexibility index (Phi) is 9.87. The first-order valence-corrected chi connectivity index (χ1v) is 22.5. The minimum atomic E-state index is -0.675. The van der Waals surface area contributed by atoms with Crippen LogP contribution in [0.4, 0.5) is 4.79 Å². The average Bonchev–Trinajstić information content (AvgIpc) is 3.21. The zero-order valence-corrected chi connectivity index (χ0v) is 32.6. The van der Waals surface area contributed by atoms with Crippen LogP contribution >= 0.6 is 0 Å². The van der Waals surface area contributed by atoms with Gasteiger partial charge in [-0.3, -0.25) is 0 Å². The van der Waals surface area contributed by atoms with Crippen molar-refractivity contribution in [3.8, 4) is 11.5 Å². The Labute approximate surface area is 323 Å². The molecule has 0 spiro atoms. The smallest absolute Gasteiger partial charge is 0.454 e. The topological polar surface area (TPSA) is 78.1 Å². The first-order chi connectivity index (χ1) is 26.6. The number of ether oxygens (including phenoxy) is 4. The van der Waals surface area contributed by atoms with Gasteiger partial charge in [0.1, 0.15) is 11.5 Å². The Morgan fingerprint density at radius 1 is 0.556 bits per heavy atom. The SMILES string of the molecule is O=C(OC(Oc1ccc2c(c1)[C@@]13CCCC[C@H]1[C@@H](C2)NCC3)C1CCCCC1)OC(Oc1ccc2c(c1)[C@@]13CCCC[C@H]1[C@@H](C2)NCC3)C1CCCCC1. The van der Waals surface area contributed by atoms with Crippen LogP contribution in [0.25, 0.3) is 0 Å². The number of benzene rings is 2. The van der Waals surface area contributed by atoms with Gasteiger partial charge in [-0.05, 0) is 148 Å². The van der Waals surface area contributed by atoms with Crippen molar-refractivity contribution in [3.63, 3.8) is 0 Å². The van der Waals surface area contributed by atoms with Crippen LogP contribution in [-0.2, 0) is 33.1 Å². The van der Waals surface area contributed by atoms with Gasteiger partial charge in [-0.2, -0.15) is 0 Å². The van der Waals surface area contributed by atoms with Gasteiger partial charge < -0.3 is 29.6 Å². The van der Waals surface area contributed by atoms with E-state index in [1.165, 1.54) is 99.3 Å². The zero-order valence-electron chi connectivity index (χ0n) is 32.6. The molecule has 7 nitrogen and oxygen atoms in total. The van der Waals surface area contributed by atoms with E-state index < -0.39 is 18.7 Å². The van der Waals surface area contributed by atoms with Gasteiger partial charge >= 0.3 is 6.16 Å². The zero-order chi connectivity index (χ0) is 36.1. The maximum atomic E-state index is 14.0. The van der Waals surface area contributed by atoms with Crippen LogP contribution in [0.15, 0.2) is 36.4 Å². The highest BCUT2D eigenvalue weighted by Gasteiger charge is 2.53. The molecule has 2 aromatic carbocycles. The lowest BCUT2D eigenvalue weighted by Crippen LogP contribution is -2.59. The van der Waals surface area contributed by atoms with Crippen LogP contribution in [0.5, 0.6) is 11.5 Å². The molecule has 10 rings (SSSR count). The summed E-state index contributed by atoms with van der Waals surface area (Å²) in [6.07, 6.45) is 24.1. The number of carbonyl (C=O) groups is 1. The van der Waals surface area contributed by atoms with Crippen molar-refractivity contribution in [2.24, 2.45) is 23.7 Å². The van der Waals surface area contributed by atoms with Gasteiger partial charge in [0.25, 0.3) is 12.6 Å². The Bertz CT molecular complexity index is 1540. The molecule has 4 saturated carbocycles. The molecule has 4 bridgehead atoms. The monoisotopic (exact) mass is 736 g/mol. The Morgan fingerprint density at radius 2 is 1.00 bits per heavy atom. The van der Waals surface area contributed by atoms with Crippen LogP contribution in [0.2, 0.25) is 0 Å². The third-order valence-electron chi connectivity index (χ3n) is 16.2. The third-order valence-corrected chi connectivity index (χ3v) is 16.2. The van der Waals surface area contributed by atoms with E-state index in [9.17, 15) is 4.79 Å². The number of hydrogen-bond acceptors (Lipinski definition) is 7. The molecule has 292 valence electrons. The summed E-state index contributed by atoms with van der Waals surface area (Å²) < 4.78 is 26.3. The highest BCUT2D eigenvalue weighted by atomic mass is 16.8. The Morgan fingerprint density at radius 3 is 1.46 bits per heavy atom. The molecule has 2 heterocycles. The molecule has 2 aliphatic heterocycles. The number of nitrogens with one attached hydrogen (secondary N) is 2. The second-order valence-electron chi connectivity index (χ2n) is 18.9. The summed E-state index contributed by atoms with van der Waals surface area (Å²) in [4.78, 5) is 14.0. The van der Waals surface area contributed by atoms with Gasteiger partial charge in [0.2, 0.25) is 0 Å². The van der Waals surface area contributed by atoms with Crippen molar-refractivity contribution in [1.29, 1.82) is 0 Å². The van der Waals surface area contributed by atoms with E-state index in [0.717, 1.165) is 88.8 Å². The molecule has 0 aromatic heterocycles. The van der Waals surface area contributed by atoms with Gasteiger partial charge in [0.05, 0.1) is 0 Å². The average molecular weight is 737 g/mol. The van der Waals surface area contributed by atoms with E-state index in [4.69, 9.17) is 18.9 Å². The summed E-state index contributed by atoms with van der Waals surface area (Å²) in [5.74, 6) is 3.38. The van der Waals surface area contributed by atoms with E-state index in [-0.39, 0.29) is 22.7 Å². The molecule has 8 atom stereocenters. The maximum absolute atomic E-state index is 14.0. The summed E-state index contributed by atoms with van der Waals surface area (Å²) >= 11 is 0. The standard InChI is InChI=1S/C47H64N2O5/c50-45(53-43(31-11-3-1-4-12-31)51-35-19-17-33-27-41-37-15-7-9-21-46(37,23-25-48-41)39(33)29-35)54-44(32-13-5-2-6-14-32)52-36-20-18-34-28-42-38-16-8-10-22-47(38,24-26-49-42)40(34)30-36/h17-20,29-32,37-38,41-44,48-49H,1-16,21-28H2/t37-,38-,41+,42+,43?,44?,46+,47+/m0/s1. The van der Waals surface area contributed by atoms with E-state index in [0.29, 0.717) is 23.9 Å². The fraction of sp³-hybridized carbons (Fsp3) is 0.723. The Hall–Kier alpha value is -2.77. The molecule has 2 unspecified atom stereocenters. The largest absolute Gasteiger partial charge is 0.514 e. The molecule has 54 heavy (non-hydrogen) atoms. The molecular formula is C47H64N2O5. The van der Waals surface area contributed by atoms with E-state index in [1.807, 2.05) is 0 Å². The fourth-order valence-corrected chi connectivity index (χ4v) is 13.7. The summed E-state index contributed by atoms with van der Waals surface area (Å²) in [6.45, 7) is 2.20. The summed E-state index contributed by atoms with van der Waals surface area (Å²) in [5, 5.41) is 7.74. The lowest BCUT2D eigenvalue weighted by atomic mass is 9.53. The van der Waals surface area contributed by atoms with Crippen LogP contribution in [0.1, 0.15) is 151 Å². The minimum absolute atomic E-state index is 0.150. The molecule has 6 aliphatic carbocycles. The van der Waals surface area contributed by atoms with E-state index in [1.54, 1.807) is 0 Å². The molecule has 2 saturated heterocycles. The van der Waals surface area contributed by atoms with Gasteiger partial charge in [-0.15, -0.1) is 0 Å². The van der Waals surface area contributed by atoms with Gasteiger partial charge in [-0.25, -0.2) is 4.79 Å². The van der Waals surface area contributed by atoms with Crippen molar-refractivity contribution in [1.82, 2.24) is 10.6 Å². The second-order valence-corrected chi connectivity index (χ2v) is 18.9. The quantitative estimate of drug-likeness (QED) is 0.206. The first kappa shape index (κ1) is 35.6. The number of piperidine rings is 2. The molecule has 6 fully saturated rings. The normalized spacial score (nSPS) is 34.5. The number of hydrogen-bond donors (Lipinski definition) is 2. The predicted molar refractivity (Wildman–Crippen MR) is 210 cm³/mol. The molecule has 2 aromatic rings. The van der Waals surface area contributed by atoms with Crippen LogP contribution in [0, 0.1) is 23.7 Å². The second kappa shape index (κ2) is 15.0. The van der Waals surface area contributed by atoms with Crippen LogP contribution in [-0.4, -0.2) is 43.9 Å². The molecular weight excluding hydrogens is 673 g/mol. The van der Waals surface area contributed by atoms with E-state index in [2.05, 4.69) is 47.0 Å². The van der Waals surface area contributed by atoms with Crippen molar-refractivity contribution < 1.29 is 23.7 Å². The molecule has 8 aliphatic rings. The lowest BCUT2D eigenvalue weighted by molar-refractivity contribution is -0.146. The third kappa shape index (κ3) is 6.45. The molecule has 0 radical (unpaired) electrons.